The molecular formula is C8H15IN2. The summed E-state index contributed by atoms with van der Waals surface area (Å²) in [6, 6.07) is -0.0648. The number of nitrogens with two attached hydrogens (primary N) is 1. The molecular weight excluding hydrogens is 251 g/mol. The Labute approximate surface area is 85.7 Å². The van der Waals surface area contributed by atoms with Crippen LogP contribution < -0.4 is 5.73 Å². The van der Waals surface area contributed by atoms with Gasteiger partial charge in [0.05, 0.1) is 5.84 Å². The van der Waals surface area contributed by atoms with Crippen LogP contribution in [-0.2, 0) is 0 Å². The van der Waals surface area contributed by atoms with Gasteiger partial charge >= 0.3 is 0 Å². The summed E-state index contributed by atoms with van der Waals surface area (Å²) < 4.78 is 0. The Bertz CT molecular complexity index is 163. The molecule has 11 heavy (non-hydrogen) atoms. The van der Waals surface area contributed by atoms with E-state index >= 15 is 0 Å². The van der Waals surface area contributed by atoms with Crippen LogP contribution in [0.3, 0.4) is 0 Å². The van der Waals surface area contributed by atoms with E-state index in [2.05, 4.69) is 10.9 Å². The highest BCUT2D eigenvalue weighted by Crippen LogP contribution is 2.03. The number of hydrogen-bond acceptors (Lipinski definition) is 1. The topological polar surface area (TPSA) is 38.4 Å². The van der Waals surface area contributed by atoms with Crippen molar-refractivity contribution in [1.29, 1.82) is 0 Å². The SMILES string of the molecule is C#CC(N=C(C)N)C(C)C.I. The highest BCUT2D eigenvalue weighted by Gasteiger charge is 2.06. The molecule has 0 aliphatic carbocycles. The highest BCUT2D eigenvalue weighted by atomic mass is 127. The second-order valence-electron chi connectivity index (χ2n) is 2.63. The van der Waals surface area contributed by atoms with Gasteiger partial charge in [-0.05, 0) is 12.8 Å². The molecule has 0 bridgehead atoms. The van der Waals surface area contributed by atoms with Gasteiger partial charge in [0.1, 0.15) is 6.04 Å². The van der Waals surface area contributed by atoms with Crippen LogP contribution in [-0.4, -0.2) is 11.9 Å². The number of hydrogen-bond donors (Lipinski definition) is 1. The molecule has 0 rings (SSSR count). The smallest absolute Gasteiger partial charge is 0.114 e. The molecule has 2 nitrogen and oxygen atoms in total. The summed E-state index contributed by atoms with van der Waals surface area (Å²) >= 11 is 0. The first kappa shape index (κ1) is 13.4. The number of rotatable bonds is 2. The van der Waals surface area contributed by atoms with E-state index in [9.17, 15) is 0 Å². The predicted octanol–water partition coefficient (Wildman–Crippen LogP) is 1.64. The molecule has 0 aromatic heterocycles. The molecule has 0 saturated heterocycles. The van der Waals surface area contributed by atoms with E-state index in [0.29, 0.717) is 11.8 Å². The van der Waals surface area contributed by atoms with Crippen LogP contribution >= 0.6 is 24.0 Å². The third kappa shape index (κ3) is 6.17. The van der Waals surface area contributed by atoms with E-state index in [-0.39, 0.29) is 30.0 Å². The maximum absolute atomic E-state index is 5.36. The van der Waals surface area contributed by atoms with Crippen LogP contribution in [0.25, 0.3) is 0 Å². The van der Waals surface area contributed by atoms with E-state index in [1.54, 1.807) is 6.92 Å². The van der Waals surface area contributed by atoms with Gasteiger partial charge in [-0.3, -0.25) is 4.99 Å². The van der Waals surface area contributed by atoms with Gasteiger partial charge in [-0.15, -0.1) is 30.4 Å². The summed E-state index contributed by atoms with van der Waals surface area (Å²) in [5.74, 6) is 3.48. The monoisotopic (exact) mass is 266 g/mol. The van der Waals surface area contributed by atoms with Crippen LogP contribution in [0.4, 0.5) is 0 Å². The number of halogens is 1. The fourth-order valence-electron chi connectivity index (χ4n) is 0.598. The number of aliphatic imine (C=N–C) groups is 1. The summed E-state index contributed by atoms with van der Waals surface area (Å²) in [6.45, 7) is 5.79. The van der Waals surface area contributed by atoms with Gasteiger partial charge in [0.25, 0.3) is 0 Å². The van der Waals surface area contributed by atoms with Crippen molar-refractivity contribution in [2.24, 2.45) is 16.6 Å². The minimum Gasteiger partial charge on any atom is -0.388 e. The molecule has 0 aliphatic rings. The first-order valence-electron chi connectivity index (χ1n) is 3.34. The molecule has 2 N–H and O–H groups in total. The van der Waals surface area contributed by atoms with Gasteiger partial charge in [0.2, 0.25) is 0 Å². The molecule has 0 aromatic carbocycles. The van der Waals surface area contributed by atoms with E-state index in [0.717, 1.165) is 0 Å². The first-order valence-corrected chi connectivity index (χ1v) is 3.34. The van der Waals surface area contributed by atoms with Gasteiger partial charge in [-0.25, -0.2) is 0 Å². The van der Waals surface area contributed by atoms with Crippen LogP contribution in [0.1, 0.15) is 20.8 Å². The third-order valence-electron chi connectivity index (χ3n) is 1.14. The van der Waals surface area contributed by atoms with Crippen molar-refractivity contribution >= 4 is 29.8 Å². The van der Waals surface area contributed by atoms with Crippen molar-refractivity contribution in [2.45, 2.75) is 26.8 Å². The molecule has 3 heteroatoms. The minimum atomic E-state index is -0.0648. The van der Waals surface area contributed by atoms with Gasteiger partial charge in [0, 0.05) is 0 Å². The first-order chi connectivity index (χ1) is 4.57. The Balaban J connectivity index is 0. The molecule has 0 radical (unpaired) electrons. The average molecular weight is 266 g/mol. The lowest BCUT2D eigenvalue weighted by Crippen LogP contribution is -2.16. The molecule has 64 valence electrons. The van der Waals surface area contributed by atoms with Crippen molar-refractivity contribution in [1.82, 2.24) is 0 Å². The molecule has 0 heterocycles. The Kier molecular flexibility index (Phi) is 7.85. The fraction of sp³-hybridized carbons (Fsp3) is 0.625. The summed E-state index contributed by atoms with van der Waals surface area (Å²) in [6.07, 6.45) is 5.21. The van der Waals surface area contributed by atoms with Gasteiger partial charge in [-0.1, -0.05) is 19.8 Å². The normalized spacial score (nSPS) is 13.5. The average Bonchev–Trinajstić information content (AvgIpc) is 1.81. The Morgan fingerprint density at radius 1 is 1.55 bits per heavy atom. The molecule has 1 atom stereocenters. The summed E-state index contributed by atoms with van der Waals surface area (Å²) in [7, 11) is 0. The van der Waals surface area contributed by atoms with E-state index < -0.39 is 0 Å². The number of terminal acetylenes is 1. The second kappa shape index (κ2) is 6.47. The molecule has 0 fully saturated rings. The zero-order valence-corrected chi connectivity index (χ0v) is 9.50. The molecule has 0 saturated carbocycles. The Morgan fingerprint density at radius 2 is 2.00 bits per heavy atom. The molecule has 0 aromatic rings. The standard InChI is InChI=1S/C8H14N2.HI/c1-5-8(6(2)3)10-7(4)9;/h1,6,8H,2-4H3,(H2,9,10);1H. The van der Waals surface area contributed by atoms with Crippen LogP contribution in [0.2, 0.25) is 0 Å². The molecule has 0 amide bonds. The lowest BCUT2D eigenvalue weighted by Gasteiger charge is -2.08. The number of nitrogens with zero attached hydrogens (tertiary/aromatic N) is 1. The zero-order valence-electron chi connectivity index (χ0n) is 7.16. The maximum Gasteiger partial charge on any atom is 0.114 e. The zero-order chi connectivity index (χ0) is 8.15. The third-order valence-corrected chi connectivity index (χ3v) is 1.14. The Hall–Kier alpha value is -0.240. The van der Waals surface area contributed by atoms with Crippen LogP contribution in [0.15, 0.2) is 4.99 Å². The van der Waals surface area contributed by atoms with E-state index in [4.69, 9.17) is 12.2 Å². The Morgan fingerprint density at radius 3 is 2.09 bits per heavy atom. The maximum atomic E-state index is 5.36. The van der Waals surface area contributed by atoms with Crippen molar-refractivity contribution in [3.63, 3.8) is 0 Å². The lowest BCUT2D eigenvalue weighted by atomic mass is 10.1. The van der Waals surface area contributed by atoms with E-state index in [1.807, 2.05) is 13.8 Å². The van der Waals surface area contributed by atoms with Crippen molar-refractivity contribution < 1.29 is 0 Å². The second-order valence-corrected chi connectivity index (χ2v) is 2.63. The predicted molar refractivity (Wildman–Crippen MR) is 60.2 cm³/mol. The fourth-order valence-corrected chi connectivity index (χ4v) is 0.598. The van der Waals surface area contributed by atoms with Crippen molar-refractivity contribution in [3.8, 4) is 12.3 Å². The molecule has 0 aliphatic heterocycles. The van der Waals surface area contributed by atoms with Gasteiger partial charge < -0.3 is 5.73 Å². The largest absolute Gasteiger partial charge is 0.388 e. The summed E-state index contributed by atoms with van der Waals surface area (Å²) in [5.41, 5.74) is 5.36. The van der Waals surface area contributed by atoms with Crippen molar-refractivity contribution in [3.05, 3.63) is 0 Å². The minimum absolute atomic E-state index is 0. The van der Waals surface area contributed by atoms with E-state index in [1.165, 1.54) is 0 Å². The van der Waals surface area contributed by atoms with Crippen LogP contribution in [0.5, 0.6) is 0 Å². The van der Waals surface area contributed by atoms with Crippen molar-refractivity contribution in [2.75, 3.05) is 0 Å². The quantitative estimate of drug-likeness (QED) is 0.351. The number of amidine groups is 1. The summed E-state index contributed by atoms with van der Waals surface area (Å²) in [5, 5.41) is 0. The lowest BCUT2D eigenvalue weighted by molar-refractivity contribution is 0.586. The molecule has 1 unspecified atom stereocenters. The van der Waals surface area contributed by atoms with Gasteiger partial charge in [0.15, 0.2) is 0 Å². The highest BCUT2D eigenvalue weighted by molar-refractivity contribution is 14.0. The molecule has 0 spiro atoms. The van der Waals surface area contributed by atoms with Gasteiger partial charge in [-0.2, -0.15) is 0 Å². The summed E-state index contributed by atoms with van der Waals surface area (Å²) in [4.78, 5) is 4.05. The van der Waals surface area contributed by atoms with Crippen LogP contribution in [0, 0.1) is 18.3 Å².